The molecule has 0 radical (unpaired) electrons. The van der Waals surface area contributed by atoms with Crippen molar-refractivity contribution in [2.45, 2.75) is 13.8 Å². The van der Waals surface area contributed by atoms with E-state index in [9.17, 15) is 0 Å². The number of hydrogen-bond acceptors (Lipinski definition) is 5. The van der Waals surface area contributed by atoms with Crippen LogP contribution in [0.3, 0.4) is 0 Å². The minimum atomic E-state index is 0.597. The highest BCUT2D eigenvalue weighted by atomic mass is 79.9. The topological polar surface area (TPSA) is 75.9 Å². The first-order valence-electron chi connectivity index (χ1n) is 5.55. The summed E-state index contributed by atoms with van der Waals surface area (Å²) in [5.74, 6) is 7.36. The van der Waals surface area contributed by atoms with Crippen molar-refractivity contribution >= 4 is 44.9 Å². The summed E-state index contributed by atoms with van der Waals surface area (Å²) in [6.45, 7) is 3.70. The number of nitrogens with two attached hydrogens (primary N) is 1. The summed E-state index contributed by atoms with van der Waals surface area (Å²) in [7, 11) is 0. The van der Waals surface area contributed by atoms with Crippen LogP contribution < -0.4 is 16.6 Å². The molecule has 0 atom stereocenters. The number of benzene rings is 1. The average Bonchev–Trinajstić information content (AvgIpc) is 2.36. The number of aryl methyl sites for hydroxylation is 1. The predicted octanol–water partition coefficient (Wildman–Crippen LogP) is 3.54. The van der Waals surface area contributed by atoms with Gasteiger partial charge in [0.15, 0.2) is 0 Å². The van der Waals surface area contributed by atoms with Gasteiger partial charge in [-0.3, -0.25) is 0 Å². The lowest BCUT2D eigenvalue weighted by Gasteiger charge is -2.13. The maximum atomic E-state index is 5.91. The number of hydrogen-bond donors (Lipinski definition) is 3. The second-order valence-electron chi connectivity index (χ2n) is 3.99. The highest BCUT2D eigenvalue weighted by molar-refractivity contribution is 9.10. The van der Waals surface area contributed by atoms with E-state index >= 15 is 0 Å². The van der Waals surface area contributed by atoms with Crippen LogP contribution in [-0.2, 0) is 0 Å². The second-order valence-corrected chi connectivity index (χ2v) is 5.28. The molecule has 0 saturated carbocycles. The molecule has 1 heterocycles. The lowest BCUT2D eigenvalue weighted by molar-refractivity contribution is 1.03. The molecule has 2 rings (SSSR count). The van der Waals surface area contributed by atoms with Crippen LogP contribution in [0.15, 0.2) is 22.7 Å². The highest BCUT2D eigenvalue weighted by Gasteiger charge is 2.10. The number of hydrazine groups is 1. The summed E-state index contributed by atoms with van der Waals surface area (Å²) in [5, 5.41) is 3.90. The van der Waals surface area contributed by atoms with Gasteiger partial charge >= 0.3 is 0 Å². The van der Waals surface area contributed by atoms with Crippen molar-refractivity contribution in [3.8, 4) is 0 Å². The second kappa shape index (κ2) is 5.73. The minimum Gasteiger partial charge on any atom is -0.339 e. The van der Waals surface area contributed by atoms with Crippen molar-refractivity contribution in [3.63, 3.8) is 0 Å². The SMILES string of the molecule is Cc1nc(NN)c(C)c(Nc2ccc(Cl)cc2Br)n1. The molecule has 0 fully saturated rings. The maximum Gasteiger partial charge on any atom is 0.148 e. The predicted molar refractivity (Wildman–Crippen MR) is 81.8 cm³/mol. The summed E-state index contributed by atoms with van der Waals surface area (Å²) in [6, 6.07) is 5.49. The lowest BCUT2D eigenvalue weighted by atomic mass is 10.2. The largest absolute Gasteiger partial charge is 0.339 e. The number of rotatable bonds is 3. The van der Waals surface area contributed by atoms with Crippen molar-refractivity contribution in [2.75, 3.05) is 10.7 Å². The molecule has 19 heavy (non-hydrogen) atoms. The zero-order chi connectivity index (χ0) is 14.0. The molecule has 0 bridgehead atoms. The first kappa shape index (κ1) is 14.0. The van der Waals surface area contributed by atoms with Crippen LogP contribution in [0.25, 0.3) is 0 Å². The van der Waals surface area contributed by atoms with Crippen molar-refractivity contribution in [1.82, 2.24) is 9.97 Å². The van der Waals surface area contributed by atoms with E-state index in [0.29, 0.717) is 22.5 Å². The minimum absolute atomic E-state index is 0.597. The Balaban J connectivity index is 2.40. The number of aromatic nitrogens is 2. The number of halogens is 2. The molecule has 0 unspecified atom stereocenters. The summed E-state index contributed by atoms with van der Waals surface area (Å²) in [6.07, 6.45) is 0. The Morgan fingerprint density at radius 2 is 1.89 bits per heavy atom. The van der Waals surface area contributed by atoms with Crippen molar-refractivity contribution in [1.29, 1.82) is 0 Å². The molecule has 0 aliphatic heterocycles. The van der Waals surface area contributed by atoms with E-state index < -0.39 is 0 Å². The first-order valence-corrected chi connectivity index (χ1v) is 6.72. The van der Waals surface area contributed by atoms with Gasteiger partial charge in [-0.2, -0.15) is 0 Å². The Bertz CT molecular complexity index is 617. The zero-order valence-corrected chi connectivity index (χ0v) is 12.8. The molecule has 0 saturated heterocycles. The molecular formula is C12H13BrClN5. The van der Waals surface area contributed by atoms with E-state index in [1.165, 1.54) is 0 Å². The van der Waals surface area contributed by atoms with Gasteiger partial charge < -0.3 is 10.7 Å². The zero-order valence-electron chi connectivity index (χ0n) is 10.5. The molecule has 1 aromatic heterocycles. The van der Waals surface area contributed by atoms with Crippen molar-refractivity contribution in [2.24, 2.45) is 5.84 Å². The van der Waals surface area contributed by atoms with E-state index in [4.69, 9.17) is 17.4 Å². The van der Waals surface area contributed by atoms with Crippen molar-refractivity contribution in [3.05, 3.63) is 39.1 Å². The molecule has 2 aromatic rings. The Hall–Kier alpha value is -1.37. The fourth-order valence-corrected chi connectivity index (χ4v) is 2.39. The van der Waals surface area contributed by atoms with Gasteiger partial charge in [0.25, 0.3) is 0 Å². The van der Waals surface area contributed by atoms with Crippen LogP contribution in [0, 0.1) is 13.8 Å². The maximum absolute atomic E-state index is 5.91. The molecule has 0 aliphatic carbocycles. The third-order valence-corrected chi connectivity index (χ3v) is 3.47. The van der Waals surface area contributed by atoms with E-state index in [1.807, 2.05) is 26.0 Å². The van der Waals surface area contributed by atoms with Gasteiger partial charge in [-0.15, -0.1) is 0 Å². The highest BCUT2D eigenvalue weighted by Crippen LogP contribution is 2.30. The first-order chi connectivity index (χ1) is 9.01. The molecule has 4 N–H and O–H groups in total. The number of nitrogens with one attached hydrogen (secondary N) is 2. The summed E-state index contributed by atoms with van der Waals surface area (Å²) in [4.78, 5) is 8.58. The summed E-state index contributed by atoms with van der Waals surface area (Å²) in [5.41, 5.74) is 4.27. The van der Waals surface area contributed by atoms with Gasteiger partial charge in [0, 0.05) is 15.1 Å². The molecule has 1 aromatic carbocycles. The standard InChI is InChI=1S/C12H13BrClN5/c1-6-11(16-7(2)17-12(6)19-15)18-10-4-3-8(14)5-9(10)13/h3-5H,15H2,1-2H3,(H2,16,17,18,19). The fraction of sp³-hybridized carbons (Fsp3) is 0.167. The smallest absolute Gasteiger partial charge is 0.148 e. The van der Waals surface area contributed by atoms with Crippen LogP contribution in [0.4, 0.5) is 17.3 Å². The summed E-state index contributed by atoms with van der Waals surface area (Å²) < 4.78 is 0.859. The third kappa shape index (κ3) is 3.15. The Labute approximate surface area is 124 Å². The van der Waals surface area contributed by atoms with Crippen LogP contribution in [-0.4, -0.2) is 9.97 Å². The molecule has 5 nitrogen and oxygen atoms in total. The van der Waals surface area contributed by atoms with E-state index in [2.05, 4.69) is 36.6 Å². The quantitative estimate of drug-likeness (QED) is 0.587. The monoisotopic (exact) mass is 341 g/mol. The number of anilines is 3. The lowest BCUT2D eigenvalue weighted by Crippen LogP contribution is -2.13. The normalized spacial score (nSPS) is 10.4. The van der Waals surface area contributed by atoms with E-state index in [-0.39, 0.29) is 0 Å². The van der Waals surface area contributed by atoms with Gasteiger partial charge in [0.05, 0.1) is 5.69 Å². The van der Waals surface area contributed by atoms with Gasteiger partial charge in [-0.25, -0.2) is 15.8 Å². The third-order valence-electron chi connectivity index (χ3n) is 2.58. The number of nitrogen functional groups attached to an aromatic ring is 1. The molecular weight excluding hydrogens is 330 g/mol. The van der Waals surface area contributed by atoms with E-state index in [1.54, 1.807) is 6.07 Å². The molecule has 7 heteroatoms. The van der Waals surface area contributed by atoms with Gasteiger partial charge in [-0.1, -0.05) is 11.6 Å². The average molecular weight is 343 g/mol. The molecule has 0 aliphatic rings. The fourth-order valence-electron chi connectivity index (χ4n) is 1.61. The Morgan fingerprint density at radius 1 is 1.21 bits per heavy atom. The van der Waals surface area contributed by atoms with Gasteiger partial charge in [0.2, 0.25) is 0 Å². The summed E-state index contributed by atoms with van der Waals surface area (Å²) >= 11 is 9.37. The molecule has 0 amide bonds. The van der Waals surface area contributed by atoms with Crippen LogP contribution in [0.2, 0.25) is 5.02 Å². The van der Waals surface area contributed by atoms with Gasteiger partial charge in [0.1, 0.15) is 17.5 Å². The van der Waals surface area contributed by atoms with E-state index in [0.717, 1.165) is 15.7 Å². The van der Waals surface area contributed by atoms with Crippen LogP contribution in [0.5, 0.6) is 0 Å². The Morgan fingerprint density at radius 3 is 2.53 bits per heavy atom. The Kier molecular flexibility index (Phi) is 4.24. The van der Waals surface area contributed by atoms with Crippen LogP contribution >= 0.6 is 27.5 Å². The molecule has 0 spiro atoms. The van der Waals surface area contributed by atoms with Gasteiger partial charge in [-0.05, 0) is 48.0 Å². The number of nitrogens with zero attached hydrogens (tertiary/aromatic N) is 2. The van der Waals surface area contributed by atoms with Crippen LogP contribution in [0.1, 0.15) is 11.4 Å². The van der Waals surface area contributed by atoms with Crippen molar-refractivity contribution < 1.29 is 0 Å². The molecule has 100 valence electrons.